The molecule has 2 heterocycles. The van der Waals surface area contributed by atoms with Gasteiger partial charge < -0.3 is 20.2 Å². The van der Waals surface area contributed by atoms with Gasteiger partial charge in [0.15, 0.2) is 0 Å². The Hall–Kier alpha value is -1.64. The summed E-state index contributed by atoms with van der Waals surface area (Å²) in [6.45, 7) is 5.76. The summed E-state index contributed by atoms with van der Waals surface area (Å²) in [5, 5.41) is 24.7. The third-order valence-electron chi connectivity index (χ3n) is 5.08. The molecule has 0 aliphatic carbocycles. The van der Waals surface area contributed by atoms with Crippen molar-refractivity contribution < 1.29 is 24.9 Å². The normalized spacial score (nSPS) is 19.1. The number of phenols is 1. The molecule has 0 saturated carbocycles. The molecule has 2 aliphatic heterocycles. The molecule has 7 nitrogen and oxygen atoms in total. The van der Waals surface area contributed by atoms with Crippen molar-refractivity contribution in [2.75, 3.05) is 26.2 Å². The molecular formula is C19H27BrN2O5. The second-order valence-electron chi connectivity index (χ2n) is 6.99. The zero-order valence-corrected chi connectivity index (χ0v) is 16.9. The second kappa shape index (κ2) is 10.6. The van der Waals surface area contributed by atoms with Crippen LogP contribution in [-0.2, 0) is 16.1 Å². The van der Waals surface area contributed by atoms with Crippen LogP contribution in [0.1, 0.15) is 37.7 Å². The number of carbonyl (C=O) groups is 2. The van der Waals surface area contributed by atoms with Crippen LogP contribution in [0.2, 0.25) is 0 Å². The van der Waals surface area contributed by atoms with Crippen molar-refractivity contribution in [2.45, 2.75) is 44.7 Å². The zero-order valence-electron chi connectivity index (χ0n) is 15.3. The zero-order chi connectivity index (χ0) is 19.8. The maximum Gasteiger partial charge on any atom is 0.414 e. The number of nitrogens with zero attached hydrogens (tertiary/aromatic N) is 2. The predicted octanol–water partition coefficient (Wildman–Crippen LogP) is 2.76. The fourth-order valence-corrected chi connectivity index (χ4v) is 4.06. The van der Waals surface area contributed by atoms with Crippen molar-refractivity contribution in [1.29, 1.82) is 0 Å². The molecule has 0 bridgehead atoms. The molecule has 0 aromatic heterocycles. The third-order valence-corrected chi connectivity index (χ3v) is 5.58. The highest BCUT2D eigenvalue weighted by molar-refractivity contribution is 9.10. The van der Waals surface area contributed by atoms with Gasteiger partial charge >= 0.3 is 11.9 Å². The van der Waals surface area contributed by atoms with Gasteiger partial charge in [0, 0.05) is 22.6 Å². The number of likely N-dealkylation sites (tertiary alicyclic amines) is 2. The average molecular weight is 443 g/mol. The molecule has 3 rings (SSSR count). The molecule has 0 radical (unpaired) electrons. The number of carboxylic acids is 2. The summed E-state index contributed by atoms with van der Waals surface area (Å²) in [7, 11) is 0. The van der Waals surface area contributed by atoms with Crippen LogP contribution in [0, 0.1) is 0 Å². The number of hydrogen-bond donors (Lipinski definition) is 3. The summed E-state index contributed by atoms with van der Waals surface area (Å²) < 4.78 is 1.04. The first kappa shape index (κ1) is 21.7. The van der Waals surface area contributed by atoms with Gasteiger partial charge in [-0.05, 0) is 70.1 Å². The van der Waals surface area contributed by atoms with Crippen LogP contribution in [0.25, 0.3) is 0 Å². The van der Waals surface area contributed by atoms with E-state index in [2.05, 4.69) is 25.7 Å². The molecule has 2 aliphatic rings. The van der Waals surface area contributed by atoms with Gasteiger partial charge in [-0.2, -0.15) is 0 Å². The third kappa shape index (κ3) is 7.12. The lowest BCUT2D eigenvalue weighted by Crippen LogP contribution is -2.46. The number of piperidine rings is 2. The van der Waals surface area contributed by atoms with Crippen LogP contribution < -0.4 is 0 Å². The highest BCUT2D eigenvalue weighted by atomic mass is 79.9. The quantitative estimate of drug-likeness (QED) is 0.618. The Kier molecular flexibility index (Phi) is 8.53. The van der Waals surface area contributed by atoms with Gasteiger partial charge in [-0.3, -0.25) is 4.90 Å². The van der Waals surface area contributed by atoms with Crippen molar-refractivity contribution in [2.24, 2.45) is 0 Å². The van der Waals surface area contributed by atoms with E-state index in [1.165, 1.54) is 45.2 Å². The van der Waals surface area contributed by atoms with E-state index < -0.39 is 11.9 Å². The molecule has 0 spiro atoms. The number of phenolic OH excluding ortho intramolecular Hbond substituents is 1. The minimum atomic E-state index is -1.82. The Morgan fingerprint density at radius 2 is 1.59 bits per heavy atom. The van der Waals surface area contributed by atoms with Crippen LogP contribution >= 0.6 is 15.9 Å². The van der Waals surface area contributed by atoms with Crippen molar-refractivity contribution in [3.8, 4) is 5.75 Å². The summed E-state index contributed by atoms with van der Waals surface area (Å²) >= 11 is 3.49. The Morgan fingerprint density at radius 1 is 1.00 bits per heavy atom. The number of aliphatic carboxylic acids is 2. The van der Waals surface area contributed by atoms with Gasteiger partial charge in [0.25, 0.3) is 0 Å². The summed E-state index contributed by atoms with van der Waals surface area (Å²) in [5.41, 5.74) is 1.03. The van der Waals surface area contributed by atoms with Crippen molar-refractivity contribution in [3.05, 3.63) is 28.2 Å². The van der Waals surface area contributed by atoms with E-state index in [1.807, 2.05) is 12.1 Å². The van der Waals surface area contributed by atoms with Gasteiger partial charge in [0.05, 0.1) is 0 Å². The molecule has 1 aromatic carbocycles. The number of aromatic hydroxyl groups is 1. The summed E-state index contributed by atoms with van der Waals surface area (Å²) in [6, 6.07) is 6.49. The van der Waals surface area contributed by atoms with Crippen molar-refractivity contribution in [1.82, 2.24) is 9.80 Å². The summed E-state index contributed by atoms with van der Waals surface area (Å²) in [5.74, 6) is -3.23. The second-order valence-corrected chi connectivity index (χ2v) is 7.90. The molecule has 3 N–H and O–H groups in total. The Morgan fingerprint density at radius 3 is 2.15 bits per heavy atom. The highest BCUT2D eigenvalue weighted by Gasteiger charge is 2.25. The molecule has 27 heavy (non-hydrogen) atoms. The molecule has 1 aromatic rings. The molecule has 0 atom stereocenters. The number of hydrogen-bond acceptors (Lipinski definition) is 5. The minimum Gasteiger partial charge on any atom is -0.508 e. The molecule has 2 saturated heterocycles. The van der Waals surface area contributed by atoms with Crippen molar-refractivity contribution >= 4 is 27.9 Å². The Balaban J connectivity index is 0.000000380. The number of carboxylic acid groups (broad SMARTS) is 2. The molecular weight excluding hydrogens is 416 g/mol. The largest absolute Gasteiger partial charge is 0.508 e. The fraction of sp³-hybridized carbons (Fsp3) is 0.579. The predicted molar refractivity (Wildman–Crippen MR) is 105 cm³/mol. The van der Waals surface area contributed by atoms with Gasteiger partial charge in [0.1, 0.15) is 5.75 Å². The molecule has 2 fully saturated rings. The molecule has 0 unspecified atom stereocenters. The Bertz CT molecular complexity index is 629. The van der Waals surface area contributed by atoms with Gasteiger partial charge in [-0.25, -0.2) is 9.59 Å². The lowest BCUT2D eigenvalue weighted by molar-refractivity contribution is -0.159. The first-order chi connectivity index (χ1) is 12.9. The van der Waals surface area contributed by atoms with Crippen LogP contribution in [0.15, 0.2) is 22.7 Å². The highest BCUT2D eigenvalue weighted by Crippen LogP contribution is 2.26. The van der Waals surface area contributed by atoms with E-state index in [0.29, 0.717) is 5.75 Å². The van der Waals surface area contributed by atoms with E-state index in [1.54, 1.807) is 6.07 Å². The number of benzene rings is 1. The topological polar surface area (TPSA) is 101 Å². The smallest absolute Gasteiger partial charge is 0.414 e. The van der Waals surface area contributed by atoms with E-state index in [4.69, 9.17) is 19.8 Å². The van der Waals surface area contributed by atoms with Gasteiger partial charge in [-0.1, -0.05) is 22.4 Å². The first-order valence-electron chi connectivity index (χ1n) is 9.27. The molecule has 0 amide bonds. The van der Waals surface area contributed by atoms with Crippen molar-refractivity contribution in [3.63, 3.8) is 0 Å². The fourth-order valence-electron chi connectivity index (χ4n) is 3.65. The summed E-state index contributed by atoms with van der Waals surface area (Å²) in [4.78, 5) is 23.4. The van der Waals surface area contributed by atoms with E-state index in [-0.39, 0.29) is 0 Å². The van der Waals surface area contributed by atoms with Crippen LogP contribution in [-0.4, -0.2) is 69.3 Å². The number of rotatable bonds is 3. The average Bonchev–Trinajstić information content (AvgIpc) is 2.66. The standard InChI is InChI=1S/C17H25BrN2O.C2H2O4/c18-15-4-5-17(21)14(12-15)13-19-10-6-16(7-11-19)20-8-2-1-3-9-20;3-1(4)2(5)6/h4-5,12,16,21H,1-3,6-11,13H2;(H,3,4)(H,5,6). The Labute approximate surface area is 167 Å². The summed E-state index contributed by atoms with van der Waals surface area (Å²) in [6.07, 6.45) is 6.72. The lowest BCUT2D eigenvalue weighted by Gasteiger charge is -2.40. The van der Waals surface area contributed by atoms with Gasteiger partial charge in [0.2, 0.25) is 0 Å². The van der Waals surface area contributed by atoms with Crippen LogP contribution in [0.3, 0.4) is 0 Å². The lowest BCUT2D eigenvalue weighted by atomic mass is 9.99. The SMILES string of the molecule is O=C(O)C(=O)O.Oc1ccc(Br)cc1CN1CCC(N2CCCCC2)CC1. The maximum absolute atomic E-state index is 9.97. The van der Waals surface area contributed by atoms with E-state index in [0.717, 1.165) is 35.7 Å². The first-order valence-corrected chi connectivity index (χ1v) is 10.1. The monoisotopic (exact) mass is 442 g/mol. The minimum absolute atomic E-state index is 0.413. The van der Waals surface area contributed by atoms with E-state index >= 15 is 0 Å². The molecule has 150 valence electrons. The van der Waals surface area contributed by atoms with E-state index in [9.17, 15) is 5.11 Å². The number of halogens is 1. The van der Waals surface area contributed by atoms with Crippen LogP contribution in [0.4, 0.5) is 0 Å². The van der Waals surface area contributed by atoms with Crippen LogP contribution in [0.5, 0.6) is 5.75 Å². The van der Waals surface area contributed by atoms with Gasteiger partial charge in [-0.15, -0.1) is 0 Å². The molecule has 8 heteroatoms. The maximum atomic E-state index is 9.97.